The molecule has 0 saturated heterocycles. The number of hydrogen-bond acceptors (Lipinski definition) is 9. The SMILES string of the molecule is Brc1cccc2c1[nH]c1ccccc12.COC(=O)c1cccc2c3ccccc3n(-c3cccc4c3[nH]c3ccccc34)c12.COC(=O)c1cccc2c3ccccc3n(-c3cccc4c5ccccc5n(S(=O)(=O)c5ccccc5)c34)c12.O=S(=O)(c1ccccc1)n1c2ccccc2c2cccc(Br)c21.O=c1c2cccc3c4ccccc4n(c4cccc5c6ccccc6n1c54)c23. The van der Waals surface area contributed by atoms with Gasteiger partial charge in [-0.3, -0.25) is 9.20 Å². The Morgan fingerprint density at radius 1 is 0.254 bits per heavy atom. The second-order valence-electron chi connectivity index (χ2n) is 32.7. The normalized spacial score (nSPS) is 11.9. The first-order valence-corrected chi connectivity index (χ1v) is 47.8. The van der Waals surface area contributed by atoms with E-state index >= 15 is 0 Å². The van der Waals surface area contributed by atoms with Gasteiger partial charge in [-0.1, -0.05) is 279 Å². The number of esters is 2. The number of carbonyl (C=O) groups excluding carboxylic acids is 2. The lowest BCUT2D eigenvalue weighted by atomic mass is 10.1. The molecule has 0 aliphatic carbocycles. The van der Waals surface area contributed by atoms with Gasteiger partial charge in [-0.05, 0) is 153 Å². The Morgan fingerprint density at radius 2 is 0.567 bits per heavy atom. The predicted molar refractivity (Wildman–Crippen MR) is 551 cm³/mol. The number of methoxy groups -OCH3 is 2. The smallest absolute Gasteiger partial charge is 0.340 e. The van der Waals surface area contributed by atoms with E-state index in [0.717, 1.165) is 140 Å². The van der Waals surface area contributed by atoms with Crippen molar-refractivity contribution in [2.75, 3.05) is 14.2 Å². The quantitative estimate of drug-likeness (QED) is 0.139. The molecule has 0 saturated carbocycles. The van der Waals surface area contributed by atoms with Crippen molar-refractivity contribution in [1.29, 1.82) is 0 Å². The molecule has 0 fully saturated rings. The number of aromatic nitrogens is 8. The summed E-state index contributed by atoms with van der Waals surface area (Å²) in [4.78, 5) is 46.9. The topological polar surface area (TPSA) is 198 Å². The summed E-state index contributed by atoms with van der Waals surface area (Å²) >= 11 is 7.05. The number of H-pyrrole nitrogens is 2. The van der Waals surface area contributed by atoms with Crippen LogP contribution in [0.25, 0.3) is 197 Å². The first-order valence-electron chi connectivity index (χ1n) is 43.4. The fraction of sp³-hybridized carbons (Fsp3) is 0.0177. The highest BCUT2D eigenvalue weighted by Crippen LogP contribution is 2.45. The van der Waals surface area contributed by atoms with Gasteiger partial charge in [-0.15, -0.1) is 0 Å². The van der Waals surface area contributed by atoms with Crippen LogP contribution in [0.15, 0.2) is 424 Å². The molecule has 27 aromatic rings. The van der Waals surface area contributed by atoms with E-state index in [-0.39, 0.29) is 21.3 Å². The van der Waals surface area contributed by atoms with Gasteiger partial charge in [-0.25, -0.2) is 34.4 Å². The molecular weight excluding hydrogens is 1840 g/mol. The third kappa shape index (κ3) is 12.9. The lowest BCUT2D eigenvalue weighted by molar-refractivity contribution is 0.0593. The summed E-state index contributed by atoms with van der Waals surface area (Å²) in [5.74, 6) is -0.803. The number of hydrogen-bond donors (Lipinski definition) is 2. The Hall–Kier alpha value is -16.2. The third-order valence-corrected chi connectivity index (χ3v) is 30.3. The molecule has 21 heteroatoms. The van der Waals surface area contributed by atoms with Crippen LogP contribution >= 0.6 is 31.9 Å². The molecule has 2 N–H and O–H groups in total. The van der Waals surface area contributed by atoms with Gasteiger partial charge >= 0.3 is 11.9 Å². The van der Waals surface area contributed by atoms with Crippen molar-refractivity contribution in [2.24, 2.45) is 0 Å². The highest BCUT2D eigenvalue weighted by Gasteiger charge is 2.31. The Bertz CT molecular complexity index is 9860. The lowest BCUT2D eigenvalue weighted by Gasteiger charge is -2.15. The van der Waals surface area contributed by atoms with E-state index in [1.807, 2.05) is 197 Å². The number of nitrogens with zero attached hydrogens (tertiary/aromatic N) is 6. The number of nitrogens with one attached hydrogen (secondary N) is 2. The number of rotatable bonds is 8. The summed E-state index contributed by atoms with van der Waals surface area (Å²) in [6, 6.07) is 129. The molecule has 9 heterocycles. The molecule has 0 atom stereocenters. The minimum atomic E-state index is -3.99. The standard InChI is InChI=1S/C32H22N2O4S.C26H18N2O2.C25H14N2O.C18H12BrNO2S.C12H8BrN/c1-38-32(35)26-17-9-15-24-22-13-5-7-18-27(22)33(30(24)26)29-20-10-16-25-23-14-6-8-19-28(23)34(31(25)29)39(36,37)21-11-3-2-4-12-21;1-30-26(29)20-12-6-11-19-17-9-3-5-14-22(17)28(25(19)20)23-15-7-10-18-16-8-2-4-13-21(16)27-24(18)23;28-25-19-11-5-9-17-15-7-1-3-12-20(15)26(23(17)19)22-14-6-10-18-16-8-2-4-13-21(16)27(25)24(18)22;19-16-11-6-10-15-14-9-4-5-12-17(14)20(18(15)16)23(21,22)13-7-2-1-3-8-13;13-10-6-3-5-9-8-4-1-2-7-11(8)14-12(9)10/h2-20H,1H3;2-15,27H,1H3;1-14H;1-12H;1-7,14H. The zero-order chi connectivity index (χ0) is 90.9. The van der Waals surface area contributed by atoms with Crippen LogP contribution in [0.5, 0.6) is 0 Å². The first-order chi connectivity index (χ1) is 65.6. The number of fused-ring (bicyclic) bond motifs is 25. The van der Waals surface area contributed by atoms with Crippen LogP contribution in [-0.2, 0) is 29.5 Å². The maximum absolute atomic E-state index is 14.3. The predicted octanol–water partition coefficient (Wildman–Crippen LogP) is 27.6. The molecular formula is C113H74Br2N8O9S2. The summed E-state index contributed by atoms with van der Waals surface area (Å²) in [6.45, 7) is 0. The Morgan fingerprint density at radius 3 is 1.07 bits per heavy atom. The van der Waals surface area contributed by atoms with Gasteiger partial charge in [-0.2, -0.15) is 0 Å². The van der Waals surface area contributed by atoms with Gasteiger partial charge in [0.2, 0.25) is 0 Å². The summed E-state index contributed by atoms with van der Waals surface area (Å²) in [6.07, 6.45) is 0. The second kappa shape index (κ2) is 32.7. The van der Waals surface area contributed by atoms with Gasteiger partial charge in [0.25, 0.3) is 25.6 Å². The molecule has 27 rings (SSSR count). The summed E-state index contributed by atoms with van der Waals surface area (Å²) in [7, 11) is -4.89. The average Bonchev–Trinajstić information content (AvgIpc) is 1.54. The fourth-order valence-electron chi connectivity index (χ4n) is 19.9. The Kier molecular flexibility index (Phi) is 20.1. The molecule has 18 aromatic carbocycles. The molecule has 0 unspecified atom stereocenters. The summed E-state index contributed by atoms with van der Waals surface area (Å²) in [5.41, 5.74) is 18.1. The van der Waals surface area contributed by atoms with Crippen molar-refractivity contribution < 1.29 is 35.9 Å². The third-order valence-electron chi connectivity index (χ3n) is 25.5. The first kappa shape index (κ1) is 82.3. The van der Waals surface area contributed by atoms with Gasteiger partial charge in [0.15, 0.2) is 0 Å². The largest absolute Gasteiger partial charge is 0.465 e. The maximum atomic E-state index is 14.3. The second-order valence-corrected chi connectivity index (χ2v) is 38.0. The lowest BCUT2D eigenvalue weighted by Crippen LogP contribution is -2.14. The number of halogens is 2. The average molecular weight is 1910 g/mol. The van der Waals surface area contributed by atoms with E-state index in [9.17, 15) is 31.2 Å². The van der Waals surface area contributed by atoms with Gasteiger partial charge < -0.3 is 33.0 Å². The highest BCUT2D eigenvalue weighted by molar-refractivity contribution is 9.11. The van der Waals surface area contributed by atoms with Crippen LogP contribution in [0.1, 0.15) is 20.7 Å². The van der Waals surface area contributed by atoms with Gasteiger partial charge in [0, 0.05) is 106 Å². The number of para-hydroxylation sites is 16. The van der Waals surface area contributed by atoms with Crippen LogP contribution in [0.4, 0.5) is 0 Å². The van der Waals surface area contributed by atoms with E-state index in [0.29, 0.717) is 44.4 Å². The van der Waals surface area contributed by atoms with E-state index < -0.39 is 26.0 Å². The molecule has 9 aromatic heterocycles. The van der Waals surface area contributed by atoms with Gasteiger partial charge in [0.1, 0.15) is 0 Å². The van der Waals surface area contributed by atoms with Crippen LogP contribution in [-0.4, -0.2) is 78.8 Å². The van der Waals surface area contributed by atoms with Gasteiger partial charge in [0.05, 0.1) is 135 Å². The van der Waals surface area contributed by atoms with Crippen LogP contribution < -0.4 is 5.56 Å². The molecule has 17 nitrogen and oxygen atoms in total. The molecule has 646 valence electrons. The van der Waals surface area contributed by atoms with Crippen LogP contribution in [0.3, 0.4) is 0 Å². The maximum Gasteiger partial charge on any atom is 0.340 e. The van der Waals surface area contributed by atoms with Crippen LogP contribution in [0.2, 0.25) is 0 Å². The Balaban J connectivity index is 0.0000000974. The number of carbonyl (C=O) groups is 2. The zero-order valence-electron chi connectivity index (χ0n) is 71.5. The molecule has 0 spiro atoms. The van der Waals surface area contributed by atoms with Crippen molar-refractivity contribution in [3.05, 3.63) is 431 Å². The number of aromatic amines is 2. The van der Waals surface area contributed by atoms with E-state index in [2.05, 4.69) is 196 Å². The molecule has 0 radical (unpaired) electrons. The molecule has 0 amide bonds. The van der Waals surface area contributed by atoms with Crippen molar-refractivity contribution in [3.63, 3.8) is 0 Å². The van der Waals surface area contributed by atoms with Crippen molar-refractivity contribution in [3.8, 4) is 11.4 Å². The van der Waals surface area contributed by atoms with E-state index in [4.69, 9.17) is 9.47 Å². The minimum Gasteiger partial charge on any atom is -0.465 e. The number of benzene rings is 18. The zero-order valence-corrected chi connectivity index (χ0v) is 76.3. The van der Waals surface area contributed by atoms with E-state index in [1.54, 1.807) is 66.7 Å². The summed E-state index contributed by atoms with van der Waals surface area (Å²) < 4.78 is 78.3. The van der Waals surface area contributed by atoms with E-state index in [1.165, 1.54) is 54.7 Å². The molecule has 0 bridgehead atoms. The number of ether oxygens (including phenoxy) is 2. The Labute approximate surface area is 781 Å². The monoisotopic (exact) mass is 1910 g/mol. The molecule has 0 aliphatic heterocycles. The highest BCUT2D eigenvalue weighted by atomic mass is 79.9. The molecule has 134 heavy (non-hydrogen) atoms. The van der Waals surface area contributed by atoms with Crippen molar-refractivity contribution in [2.45, 2.75) is 9.79 Å². The summed E-state index contributed by atoms with van der Waals surface area (Å²) in [5, 5.41) is 17.6. The fourth-order valence-corrected chi connectivity index (χ4v) is 24.2. The van der Waals surface area contributed by atoms with Crippen LogP contribution in [0, 0.1) is 0 Å². The van der Waals surface area contributed by atoms with Crippen molar-refractivity contribution in [1.82, 2.24) is 35.8 Å². The molecule has 0 aliphatic rings. The van der Waals surface area contributed by atoms with Crippen molar-refractivity contribution >= 4 is 249 Å². The minimum absolute atomic E-state index is 0.0332.